The number of rotatable bonds is 3. The molecule has 0 saturated carbocycles. The molecule has 0 spiro atoms. The van der Waals surface area contributed by atoms with E-state index >= 15 is 0 Å². The number of alkyl halides is 1. The predicted octanol–water partition coefficient (Wildman–Crippen LogP) is 2.08. The Labute approximate surface area is 87.8 Å². The Morgan fingerprint density at radius 1 is 1.43 bits per heavy atom. The second-order valence-electron chi connectivity index (χ2n) is 2.60. The van der Waals surface area contributed by atoms with E-state index in [1.54, 1.807) is 0 Å². The topological polar surface area (TPSA) is 47.6 Å². The first-order valence-corrected chi connectivity index (χ1v) is 4.56. The summed E-state index contributed by atoms with van der Waals surface area (Å²) in [6.07, 6.45) is 0. The van der Waals surface area contributed by atoms with E-state index in [1.807, 2.05) is 30.3 Å². The number of benzene rings is 1. The molecule has 0 aliphatic heterocycles. The van der Waals surface area contributed by atoms with Crippen LogP contribution < -0.4 is 5.90 Å². The average molecular weight is 211 g/mol. The summed E-state index contributed by atoms with van der Waals surface area (Å²) in [4.78, 5) is 8.67. The smallest absolute Gasteiger partial charge is 0.244 e. The van der Waals surface area contributed by atoms with Crippen molar-refractivity contribution in [1.82, 2.24) is 0 Å². The summed E-state index contributed by atoms with van der Waals surface area (Å²) in [6, 6.07) is 9.31. The highest BCUT2D eigenvalue weighted by Gasteiger charge is 2.03. The van der Waals surface area contributed by atoms with Gasteiger partial charge in [-0.2, -0.15) is 5.90 Å². The van der Waals surface area contributed by atoms with Crippen molar-refractivity contribution in [3.05, 3.63) is 48.2 Å². The Kier molecular flexibility index (Phi) is 4.16. The molecule has 2 N–H and O–H groups in total. The molecule has 3 nitrogen and oxygen atoms in total. The Hall–Kier alpha value is -1.32. The Bertz CT molecular complexity index is 335. The highest BCUT2D eigenvalue weighted by molar-refractivity contribution is 6.19. The maximum Gasteiger partial charge on any atom is 0.244 e. The fraction of sp³-hybridized carbons (Fsp3) is 0.100. The molecule has 14 heavy (non-hydrogen) atoms. The van der Waals surface area contributed by atoms with Gasteiger partial charge in [0, 0.05) is 5.56 Å². The second-order valence-corrected chi connectivity index (χ2v) is 2.87. The summed E-state index contributed by atoms with van der Waals surface area (Å²) in [7, 11) is 0. The molecule has 0 radical (unpaired) electrons. The lowest BCUT2D eigenvalue weighted by molar-refractivity contribution is 0.322. The van der Waals surface area contributed by atoms with E-state index in [-0.39, 0.29) is 5.88 Å². The minimum absolute atomic E-state index is 0.250. The third-order valence-electron chi connectivity index (χ3n) is 1.55. The quantitative estimate of drug-likeness (QED) is 0.359. The van der Waals surface area contributed by atoms with E-state index in [0.717, 1.165) is 5.56 Å². The van der Waals surface area contributed by atoms with E-state index in [1.165, 1.54) is 0 Å². The predicted molar refractivity (Wildman–Crippen MR) is 58.1 cm³/mol. The summed E-state index contributed by atoms with van der Waals surface area (Å²) in [5, 5.41) is 0. The standard InChI is InChI=1S/C10H11ClN2O/c1-8(7-11)13-10(14-12)9-5-3-2-4-6-9/h2-6H,1,7,12H2. The van der Waals surface area contributed by atoms with Crippen LogP contribution in [0.5, 0.6) is 0 Å². The largest absolute Gasteiger partial charge is 0.391 e. The maximum absolute atomic E-state index is 5.54. The van der Waals surface area contributed by atoms with Gasteiger partial charge in [0.2, 0.25) is 5.90 Å². The van der Waals surface area contributed by atoms with Crippen molar-refractivity contribution in [3.8, 4) is 0 Å². The van der Waals surface area contributed by atoms with Crippen LogP contribution in [0.4, 0.5) is 0 Å². The number of aliphatic imine (C=N–C) groups is 1. The molecule has 0 saturated heterocycles. The monoisotopic (exact) mass is 210 g/mol. The van der Waals surface area contributed by atoms with Crippen LogP contribution in [0.15, 0.2) is 47.6 Å². The fourth-order valence-corrected chi connectivity index (χ4v) is 0.973. The second kappa shape index (κ2) is 5.42. The molecular weight excluding hydrogens is 200 g/mol. The first kappa shape index (κ1) is 10.8. The van der Waals surface area contributed by atoms with E-state index in [0.29, 0.717) is 11.6 Å². The van der Waals surface area contributed by atoms with Crippen molar-refractivity contribution >= 4 is 17.5 Å². The minimum atomic E-state index is 0.250. The van der Waals surface area contributed by atoms with Gasteiger partial charge in [0.1, 0.15) is 0 Å². The zero-order chi connectivity index (χ0) is 10.4. The Balaban J connectivity index is 2.93. The SMILES string of the molecule is C=C(CCl)N=C(ON)c1ccccc1. The van der Waals surface area contributed by atoms with Crippen molar-refractivity contribution in [2.75, 3.05) is 5.88 Å². The third-order valence-corrected chi connectivity index (χ3v) is 1.85. The van der Waals surface area contributed by atoms with Gasteiger partial charge in [-0.1, -0.05) is 24.8 Å². The zero-order valence-corrected chi connectivity index (χ0v) is 8.37. The summed E-state index contributed by atoms with van der Waals surface area (Å²) in [5.74, 6) is 5.66. The van der Waals surface area contributed by atoms with E-state index in [9.17, 15) is 0 Å². The molecule has 0 aliphatic carbocycles. The summed E-state index contributed by atoms with van der Waals surface area (Å²) in [6.45, 7) is 3.63. The van der Waals surface area contributed by atoms with E-state index in [2.05, 4.69) is 16.4 Å². The van der Waals surface area contributed by atoms with Gasteiger partial charge in [0.15, 0.2) is 0 Å². The first-order chi connectivity index (χ1) is 6.77. The summed E-state index contributed by atoms with van der Waals surface area (Å²) >= 11 is 5.54. The lowest BCUT2D eigenvalue weighted by Gasteiger charge is -2.03. The lowest BCUT2D eigenvalue weighted by atomic mass is 10.2. The highest BCUT2D eigenvalue weighted by atomic mass is 35.5. The van der Waals surface area contributed by atoms with Crippen molar-refractivity contribution in [2.45, 2.75) is 0 Å². The number of hydrogen-bond acceptors (Lipinski definition) is 3. The number of allylic oxidation sites excluding steroid dienone is 1. The summed E-state index contributed by atoms with van der Waals surface area (Å²) in [5.41, 5.74) is 1.30. The van der Waals surface area contributed by atoms with Crippen molar-refractivity contribution in [3.63, 3.8) is 0 Å². The van der Waals surface area contributed by atoms with E-state index in [4.69, 9.17) is 17.5 Å². The maximum atomic E-state index is 5.54. The van der Waals surface area contributed by atoms with Crippen LogP contribution in [0.25, 0.3) is 0 Å². The summed E-state index contributed by atoms with van der Waals surface area (Å²) < 4.78 is 0. The van der Waals surface area contributed by atoms with Crippen molar-refractivity contribution in [2.24, 2.45) is 10.9 Å². The number of halogens is 1. The molecule has 1 aromatic rings. The van der Waals surface area contributed by atoms with Crippen LogP contribution in [0.3, 0.4) is 0 Å². The van der Waals surface area contributed by atoms with Gasteiger partial charge >= 0.3 is 0 Å². The molecule has 1 aromatic carbocycles. The van der Waals surface area contributed by atoms with Gasteiger partial charge in [-0.05, 0) is 12.1 Å². The fourth-order valence-electron chi connectivity index (χ4n) is 0.913. The molecule has 0 unspecified atom stereocenters. The molecule has 0 fully saturated rings. The number of nitrogens with zero attached hydrogens (tertiary/aromatic N) is 1. The van der Waals surface area contributed by atoms with Crippen molar-refractivity contribution in [1.29, 1.82) is 0 Å². The van der Waals surface area contributed by atoms with E-state index < -0.39 is 0 Å². The molecule has 0 aromatic heterocycles. The van der Waals surface area contributed by atoms with Crippen LogP contribution >= 0.6 is 11.6 Å². The molecule has 4 heteroatoms. The molecule has 0 heterocycles. The molecule has 0 amide bonds. The molecule has 1 rings (SSSR count). The van der Waals surface area contributed by atoms with Gasteiger partial charge in [-0.3, -0.25) is 0 Å². The third kappa shape index (κ3) is 2.87. The van der Waals surface area contributed by atoms with Gasteiger partial charge < -0.3 is 4.84 Å². The van der Waals surface area contributed by atoms with Crippen molar-refractivity contribution < 1.29 is 4.84 Å². The van der Waals surface area contributed by atoms with Gasteiger partial charge in [-0.25, -0.2) is 4.99 Å². The lowest BCUT2D eigenvalue weighted by Crippen LogP contribution is -2.12. The van der Waals surface area contributed by atoms with Crippen LogP contribution in [0.2, 0.25) is 0 Å². The van der Waals surface area contributed by atoms with Gasteiger partial charge in [-0.15, -0.1) is 11.6 Å². The van der Waals surface area contributed by atoms with Gasteiger partial charge in [0.25, 0.3) is 0 Å². The molecule has 0 atom stereocenters. The Morgan fingerprint density at radius 3 is 2.57 bits per heavy atom. The highest BCUT2D eigenvalue weighted by Crippen LogP contribution is 2.05. The molecule has 74 valence electrons. The van der Waals surface area contributed by atoms with Crippen LogP contribution in [-0.2, 0) is 4.84 Å². The van der Waals surface area contributed by atoms with Crippen LogP contribution in [0, 0.1) is 0 Å². The minimum Gasteiger partial charge on any atom is -0.391 e. The molecule has 0 bridgehead atoms. The van der Waals surface area contributed by atoms with Gasteiger partial charge in [0.05, 0.1) is 11.6 Å². The average Bonchev–Trinajstić information content (AvgIpc) is 2.26. The number of nitrogens with two attached hydrogens (primary N) is 1. The normalized spacial score (nSPS) is 11.1. The molecule has 0 aliphatic rings. The van der Waals surface area contributed by atoms with Crippen LogP contribution in [-0.4, -0.2) is 11.8 Å². The Morgan fingerprint density at radius 2 is 2.07 bits per heavy atom. The van der Waals surface area contributed by atoms with Crippen LogP contribution in [0.1, 0.15) is 5.56 Å². The number of hydrogen-bond donors (Lipinski definition) is 1. The molecular formula is C10H11ClN2O. The zero-order valence-electron chi connectivity index (χ0n) is 7.61. The first-order valence-electron chi connectivity index (χ1n) is 4.02.